The number of hydrogen-bond donors (Lipinski definition) is 1. The van der Waals surface area contributed by atoms with Gasteiger partial charge in [-0.25, -0.2) is 8.42 Å². The molecule has 2 aliphatic heterocycles. The Hall–Kier alpha value is -2.85. The zero-order chi connectivity index (χ0) is 23.4. The number of ether oxygens (including phenoxy) is 1. The highest BCUT2D eigenvalue weighted by molar-refractivity contribution is 8.16. The molecule has 0 spiro atoms. The van der Waals surface area contributed by atoms with E-state index < -0.39 is 21.7 Å². The van der Waals surface area contributed by atoms with E-state index in [9.17, 15) is 18.0 Å². The molecule has 33 heavy (non-hydrogen) atoms. The van der Waals surface area contributed by atoms with Gasteiger partial charge in [0.2, 0.25) is 5.91 Å². The predicted molar refractivity (Wildman–Crippen MR) is 127 cm³/mol. The van der Waals surface area contributed by atoms with Gasteiger partial charge in [-0.1, -0.05) is 42.1 Å². The summed E-state index contributed by atoms with van der Waals surface area (Å²) >= 11 is 1.29. The summed E-state index contributed by atoms with van der Waals surface area (Å²) in [5, 5.41) is 9.02. The van der Waals surface area contributed by atoms with Crippen LogP contribution in [0.25, 0.3) is 0 Å². The minimum absolute atomic E-state index is 0.00312. The third-order valence-corrected chi connectivity index (χ3v) is 8.64. The van der Waals surface area contributed by atoms with Gasteiger partial charge in [-0.2, -0.15) is 4.99 Å². The summed E-state index contributed by atoms with van der Waals surface area (Å²) in [6.45, 7) is 0.431. The standard InChI is InChI=1S/C23H24N2O6S2/c26-21(7-4-8-22(27)28)24-23-25(19-14-33(29,30)15-20(19)32-23)17-9-11-18(12-10-17)31-13-16-5-2-1-3-6-16/h1-3,5-6,9-12,19-20H,4,7-8,13-15H2,(H,27,28)/t19-,20-/m0/s1. The van der Waals surface area contributed by atoms with Gasteiger partial charge < -0.3 is 14.7 Å². The van der Waals surface area contributed by atoms with Gasteiger partial charge in [-0.3, -0.25) is 9.59 Å². The Bertz CT molecular complexity index is 1150. The zero-order valence-corrected chi connectivity index (χ0v) is 19.4. The maximum Gasteiger partial charge on any atom is 0.303 e. The van der Waals surface area contributed by atoms with Crippen LogP contribution in [0.3, 0.4) is 0 Å². The van der Waals surface area contributed by atoms with E-state index in [2.05, 4.69) is 4.99 Å². The predicted octanol–water partition coefficient (Wildman–Crippen LogP) is 3.12. The van der Waals surface area contributed by atoms with E-state index in [1.54, 1.807) is 0 Å². The molecule has 0 unspecified atom stereocenters. The smallest absolute Gasteiger partial charge is 0.303 e. The molecule has 2 aromatic rings. The molecule has 2 saturated heterocycles. The third kappa shape index (κ3) is 5.94. The summed E-state index contributed by atoms with van der Waals surface area (Å²) in [6, 6.07) is 16.8. The quantitative estimate of drug-likeness (QED) is 0.603. The fraction of sp³-hybridized carbons (Fsp3) is 0.348. The molecule has 0 bridgehead atoms. The largest absolute Gasteiger partial charge is 0.489 e. The van der Waals surface area contributed by atoms with E-state index in [1.807, 2.05) is 59.5 Å². The molecule has 4 rings (SSSR count). The molecular formula is C23H24N2O6S2. The van der Waals surface area contributed by atoms with E-state index in [0.29, 0.717) is 17.5 Å². The number of sulfone groups is 1. The molecule has 0 aromatic heterocycles. The van der Waals surface area contributed by atoms with Gasteiger partial charge >= 0.3 is 5.97 Å². The SMILES string of the molecule is O=C(O)CCCC(=O)N=C1S[C@H]2CS(=O)(=O)C[C@@H]2N1c1ccc(OCc2ccccc2)cc1. The molecule has 174 valence electrons. The topological polar surface area (TPSA) is 113 Å². The second-order valence-electron chi connectivity index (χ2n) is 7.97. The lowest BCUT2D eigenvalue weighted by molar-refractivity contribution is -0.137. The van der Waals surface area contributed by atoms with Gasteiger partial charge in [0.25, 0.3) is 0 Å². The second-order valence-corrected chi connectivity index (χ2v) is 11.3. The van der Waals surface area contributed by atoms with Crippen LogP contribution in [0.2, 0.25) is 0 Å². The highest BCUT2D eigenvalue weighted by Gasteiger charge is 2.49. The van der Waals surface area contributed by atoms with Crippen molar-refractivity contribution >= 4 is 44.3 Å². The summed E-state index contributed by atoms with van der Waals surface area (Å²) in [6.07, 6.45) is 0.149. The monoisotopic (exact) mass is 488 g/mol. The number of amidine groups is 1. The Balaban J connectivity index is 1.50. The molecule has 8 nitrogen and oxygen atoms in total. The normalized spacial score (nSPS) is 22.3. The van der Waals surface area contributed by atoms with Crippen LogP contribution in [0.5, 0.6) is 5.75 Å². The Morgan fingerprint density at radius 3 is 2.48 bits per heavy atom. The Morgan fingerprint density at radius 2 is 1.79 bits per heavy atom. The number of carboxylic acids is 1. The van der Waals surface area contributed by atoms with Crippen molar-refractivity contribution in [3.05, 3.63) is 60.2 Å². The van der Waals surface area contributed by atoms with Crippen molar-refractivity contribution < 1.29 is 27.9 Å². The van der Waals surface area contributed by atoms with Gasteiger partial charge in [-0.05, 0) is 36.2 Å². The van der Waals surface area contributed by atoms with Crippen molar-refractivity contribution in [3.63, 3.8) is 0 Å². The highest BCUT2D eigenvalue weighted by Crippen LogP contribution is 2.41. The van der Waals surface area contributed by atoms with Gasteiger partial charge in [0, 0.05) is 23.8 Å². The van der Waals surface area contributed by atoms with Crippen molar-refractivity contribution in [2.75, 3.05) is 16.4 Å². The number of carbonyl (C=O) groups is 2. The molecular weight excluding hydrogens is 464 g/mol. The van der Waals surface area contributed by atoms with E-state index in [-0.39, 0.29) is 42.1 Å². The number of hydrogen-bond acceptors (Lipinski definition) is 6. The maximum atomic E-state index is 12.3. The van der Waals surface area contributed by atoms with Gasteiger partial charge in [0.05, 0.1) is 17.5 Å². The molecule has 2 aromatic carbocycles. The minimum Gasteiger partial charge on any atom is -0.489 e. The zero-order valence-electron chi connectivity index (χ0n) is 17.8. The molecule has 2 fully saturated rings. The lowest BCUT2D eigenvalue weighted by Gasteiger charge is -2.24. The average molecular weight is 489 g/mol. The van der Waals surface area contributed by atoms with Crippen LogP contribution in [0, 0.1) is 0 Å². The molecule has 0 radical (unpaired) electrons. The van der Waals surface area contributed by atoms with Gasteiger partial charge in [0.15, 0.2) is 15.0 Å². The molecule has 1 amide bonds. The Labute approximate surface area is 196 Å². The molecule has 0 aliphatic carbocycles. The van der Waals surface area contributed by atoms with Crippen LogP contribution in [0.1, 0.15) is 24.8 Å². The summed E-state index contributed by atoms with van der Waals surface area (Å²) in [5.41, 5.74) is 1.78. The lowest BCUT2D eigenvalue weighted by Crippen LogP contribution is -2.37. The van der Waals surface area contributed by atoms with E-state index in [4.69, 9.17) is 9.84 Å². The first-order valence-electron chi connectivity index (χ1n) is 10.6. The average Bonchev–Trinajstić information content (AvgIpc) is 3.23. The van der Waals surface area contributed by atoms with Crippen molar-refractivity contribution in [3.8, 4) is 5.75 Å². The number of carbonyl (C=O) groups excluding carboxylic acids is 1. The summed E-state index contributed by atoms with van der Waals surface area (Å²) in [4.78, 5) is 29.0. The fourth-order valence-corrected chi connectivity index (χ4v) is 7.79. The van der Waals surface area contributed by atoms with Crippen LogP contribution in [-0.2, 0) is 26.0 Å². The van der Waals surface area contributed by atoms with Crippen LogP contribution < -0.4 is 9.64 Å². The summed E-state index contributed by atoms with van der Waals surface area (Å²) < 4.78 is 30.2. The van der Waals surface area contributed by atoms with Crippen LogP contribution >= 0.6 is 11.8 Å². The van der Waals surface area contributed by atoms with E-state index in [1.165, 1.54) is 11.8 Å². The van der Waals surface area contributed by atoms with Crippen LogP contribution in [0.4, 0.5) is 5.69 Å². The third-order valence-electron chi connectivity index (χ3n) is 5.43. The number of benzene rings is 2. The lowest BCUT2D eigenvalue weighted by atomic mass is 10.2. The van der Waals surface area contributed by atoms with Crippen LogP contribution in [-0.4, -0.2) is 53.4 Å². The number of rotatable bonds is 8. The van der Waals surface area contributed by atoms with Gasteiger partial charge in [0.1, 0.15) is 12.4 Å². The number of carboxylic acid groups (broad SMARTS) is 1. The summed E-state index contributed by atoms with van der Waals surface area (Å²) in [7, 11) is -3.16. The van der Waals surface area contributed by atoms with Gasteiger partial charge in [-0.15, -0.1) is 0 Å². The second kappa shape index (κ2) is 9.96. The van der Waals surface area contributed by atoms with Crippen molar-refractivity contribution in [2.24, 2.45) is 4.99 Å². The summed E-state index contributed by atoms with van der Waals surface area (Å²) in [5.74, 6) is -0.642. The van der Waals surface area contributed by atoms with Crippen molar-refractivity contribution in [1.82, 2.24) is 0 Å². The molecule has 2 atom stereocenters. The van der Waals surface area contributed by atoms with E-state index >= 15 is 0 Å². The van der Waals surface area contributed by atoms with Crippen LogP contribution in [0.15, 0.2) is 59.6 Å². The number of aliphatic carboxylic acids is 1. The fourth-order valence-electron chi connectivity index (χ4n) is 3.86. The Morgan fingerprint density at radius 1 is 1.06 bits per heavy atom. The number of nitrogens with zero attached hydrogens (tertiary/aromatic N) is 2. The number of aliphatic imine (C=N–C) groups is 1. The minimum atomic E-state index is -3.16. The first kappa shape index (κ1) is 23.3. The van der Waals surface area contributed by atoms with Crippen molar-refractivity contribution in [2.45, 2.75) is 37.2 Å². The molecule has 2 aliphatic rings. The number of fused-ring (bicyclic) bond motifs is 1. The van der Waals surface area contributed by atoms with E-state index in [0.717, 1.165) is 11.3 Å². The molecule has 1 N–H and O–H groups in total. The molecule has 10 heteroatoms. The Kier molecular flexibility index (Phi) is 7.04. The highest BCUT2D eigenvalue weighted by atomic mass is 32.2. The molecule has 0 saturated carbocycles. The number of anilines is 1. The number of amides is 1. The molecule has 2 heterocycles. The first-order chi connectivity index (χ1) is 15.8. The number of thioether (sulfide) groups is 1. The maximum absolute atomic E-state index is 12.3. The van der Waals surface area contributed by atoms with Crippen molar-refractivity contribution in [1.29, 1.82) is 0 Å². The first-order valence-corrected chi connectivity index (χ1v) is 13.3.